The second-order valence-electron chi connectivity index (χ2n) is 8.58. The number of rotatable bonds is 12. The summed E-state index contributed by atoms with van der Waals surface area (Å²) in [4.78, 5) is 40.1. The van der Waals surface area contributed by atoms with Crippen LogP contribution in [0.1, 0.15) is 31.4 Å². The second-order valence-corrected chi connectivity index (χ2v) is 8.58. The average Bonchev–Trinajstić information content (AvgIpc) is 3.22. The predicted octanol–water partition coefficient (Wildman–Crippen LogP) is 2.86. The van der Waals surface area contributed by atoms with Crippen LogP contribution in [0.3, 0.4) is 0 Å². The summed E-state index contributed by atoms with van der Waals surface area (Å²) >= 11 is 0. The van der Waals surface area contributed by atoms with E-state index in [2.05, 4.69) is 20.9 Å². The van der Waals surface area contributed by atoms with Gasteiger partial charge in [0.15, 0.2) is 5.60 Å². The topological polar surface area (TPSA) is 138 Å². The first-order valence-corrected chi connectivity index (χ1v) is 11.7. The summed E-state index contributed by atoms with van der Waals surface area (Å²) in [5.74, 6) is -0.581. The quantitative estimate of drug-likeness (QED) is 0.254. The van der Waals surface area contributed by atoms with Crippen molar-refractivity contribution in [2.24, 2.45) is 5.73 Å². The summed E-state index contributed by atoms with van der Waals surface area (Å²) in [6.45, 7) is 4.87. The third-order valence-corrected chi connectivity index (χ3v) is 5.69. The molecule has 3 rings (SSSR count). The zero-order chi connectivity index (χ0) is 25.3. The highest BCUT2D eigenvalue weighted by Gasteiger charge is 2.37. The molecule has 1 aromatic heterocycles. The minimum absolute atomic E-state index is 0.129. The highest BCUT2D eigenvalue weighted by Crippen LogP contribution is 2.25. The van der Waals surface area contributed by atoms with Crippen LogP contribution < -0.4 is 21.7 Å². The van der Waals surface area contributed by atoms with E-state index in [1.807, 2.05) is 55.5 Å². The van der Waals surface area contributed by atoms with Crippen molar-refractivity contribution in [1.82, 2.24) is 15.6 Å². The maximum atomic E-state index is 13.1. The van der Waals surface area contributed by atoms with Gasteiger partial charge in [0.1, 0.15) is 0 Å². The van der Waals surface area contributed by atoms with Crippen molar-refractivity contribution in [1.29, 1.82) is 0 Å². The van der Waals surface area contributed by atoms with Crippen LogP contribution in [0.4, 0.5) is 10.5 Å². The molecule has 0 fully saturated rings. The number of primary amides is 1. The number of aromatic nitrogens is 1. The van der Waals surface area contributed by atoms with Crippen LogP contribution in [0.5, 0.6) is 0 Å². The number of amides is 3. The van der Waals surface area contributed by atoms with Crippen LogP contribution >= 0.6 is 0 Å². The van der Waals surface area contributed by atoms with Crippen molar-refractivity contribution in [3.05, 3.63) is 65.9 Å². The molecule has 0 aliphatic carbocycles. The van der Waals surface area contributed by atoms with E-state index in [-0.39, 0.29) is 25.4 Å². The predicted molar refractivity (Wildman–Crippen MR) is 136 cm³/mol. The van der Waals surface area contributed by atoms with Crippen molar-refractivity contribution >= 4 is 34.5 Å². The molecule has 35 heavy (non-hydrogen) atoms. The van der Waals surface area contributed by atoms with Crippen LogP contribution in [0, 0.1) is 0 Å². The lowest BCUT2D eigenvalue weighted by atomic mass is 9.94. The van der Waals surface area contributed by atoms with Crippen LogP contribution in [-0.2, 0) is 27.2 Å². The lowest BCUT2D eigenvalue weighted by Gasteiger charge is -2.27. The number of benzene rings is 2. The number of para-hydroxylation sites is 2. The normalized spacial score (nSPS) is 12.6. The molecular weight excluding hydrogens is 446 g/mol. The lowest BCUT2D eigenvalue weighted by molar-refractivity contribution is -0.138. The summed E-state index contributed by atoms with van der Waals surface area (Å²) in [5.41, 5.74) is 7.14. The van der Waals surface area contributed by atoms with Crippen molar-refractivity contribution < 1.29 is 19.1 Å². The molecule has 0 aliphatic heterocycles. The molecule has 0 bridgehead atoms. The van der Waals surface area contributed by atoms with Crippen molar-refractivity contribution in [3.8, 4) is 0 Å². The van der Waals surface area contributed by atoms with E-state index in [4.69, 9.17) is 10.5 Å². The highest BCUT2D eigenvalue weighted by molar-refractivity contribution is 5.93. The van der Waals surface area contributed by atoms with Gasteiger partial charge < -0.3 is 31.4 Å². The number of nitrogens with two attached hydrogens (primary N) is 1. The number of carbonyl (C=O) groups is 3. The molecule has 2 aromatic carbocycles. The molecule has 3 amide bonds. The van der Waals surface area contributed by atoms with Gasteiger partial charge in [-0.15, -0.1) is 0 Å². The Morgan fingerprint density at radius 2 is 1.77 bits per heavy atom. The van der Waals surface area contributed by atoms with Gasteiger partial charge in [-0.05, 0) is 49.6 Å². The standard InChI is InChI=1S/C26H33N5O4/c1-3-13-28-17-23(32)31-21-10-6-4-8-18(21)12-14-29-24(33)26(2,35-25(27)34)15-19-16-30-22-11-7-5-9-20(19)22/h4-11,16,28,30H,3,12-15,17H2,1-2H3,(H2,27,34)(H,29,33)(H,31,32). The van der Waals surface area contributed by atoms with Gasteiger partial charge in [-0.1, -0.05) is 43.3 Å². The largest absolute Gasteiger partial charge is 0.433 e. The monoisotopic (exact) mass is 479 g/mol. The van der Waals surface area contributed by atoms with E-state index in [1.165, 1.54) is 0 Å². The summed E-state index contributed by atoms with van der Waals surface area (Å²) in [6, 6.07) is 15.1. The Morgan fingerprint density at radius 1 is 1.03 bits per heavy atom. The summed E-state index contributed by atoms with van der Waals surface area (Å²) in [6.07, 6.45) is 2.36. The van der Waals surface area contributed by atoms with Crippen LogP contribution in [0.25, 0.3) is 10.9 Å². The average molecular weight is 480 g/mol. The Balaban J connectivity index is 1.64. The van der Waals surface area contributed by atoms with Gasteiger partial charge in [0.25, 0.3) is 5.91 Å². The van der Waals surface area contributed by atoms with Gasteiger partial charge in [-0.25, -0.2) is 4.79 Å². The number of H-pyrrole nitrogens is 1. The number of nitrogens with one attached hydrogen (secondary N) is 4. The Labute approximate surface area is 204 Å². The highest BCUT2D eigenvalue weighted by atomic mass is 16.6. The fraction of sp³-hybridized carbons (Fsp3) is 0.346. The molecule has 1 unspecified atom stereocenters. The Kier molecular flexibility index (Phi) is 8.86. The molecule has 0 spiro atoms. The SMILES string of the molecule is CCCNCC(=O)Nc1ccccc1CCNC(=O)C(C)(Cc1c[nH]c2ccccc12)OC(N)=O. The summed E-state index contributed by atoms with van der Waals surface area (Å²) in [5, 5.41) is 9.77. The smallest absolute Gasteiger partial charge is 0.405 e. The van der Waals surface area contributed by atoms with E-state index in [0.717, 1.165) is 35.0 Å². The van der Waals surface area contributed by atoms with E-state index in [1.54, 1.807) is 13.1 Å². The molecule has 9 heteroatoms. The molecular formula is C26H33N5O4. The molecule has 186 valence electrons. The molecule has 1 heterocycles. The molecule has 1 atom stereocenters. The summed E-state index contributed by atoms with van der Waals surface area (Å²) < 4.78 is 5.30. The Morgan fingerprint density at radius 3 is 2.54 bits per heavy atom. The van der Waals surface area contributed by atoms with Gasteiger partial charge in [-0.3, -0.25) is 9.59 Å². The molecule has 0 radical (unpaired) electrons. The minimum atomic E-state index is -1.49. The van der Waals surface area contributed by atoms with E-state index in [9.17, 15) is 14.4 Å². The van der Waals surface area contributed by atoms with Gasteiger partial charge in [0.05, 0.1) is 6.54 Å². The number of carbonyl (C=O) groups excluding carboxylic acids is 3. The second kappa shape index (κ2) is 12.0. The first-order valence-electron chi connectivity index (χ1n) is 11.7. The van der Waals surface area contributed by atoms with E-state index >= 15 is 0 Å². The number of ether oxygens (including phenoxy) is 1. The molecule has 9 nitrogen and oxygen atoms in total. The number of fused-ring (bicyclic) bond motifs is 1. The zero-order valence-electron chi connectivity index (χ0n) is 20.1. The Bertz CT molecular complexity index is 1180. The van der Waals surface area contributed by atoms with Crippen LogP contribution in [0.15, 0.2) is 54.7 Å². The van der Waals surface area contributed by atoms with Crippen molar-refractivity contribution in [2.45, 2.75) is 38.7 Å². The maximum absolute atomic E-state index is 13.1. The molecule has 0 saturated heterocycles. The molecule has 3 aromatic rings. The lowest BCUT2D eigenvalue weighted by Crippen LogP contribution is -2.50. The van der Waals surface area contributed by atoms with Gasteiger partial charge in [0.2, 0.25) is 5.91 Å². The number of anilines is 1. The first kappa shape index (κ1) is 25.8. The molecule has 0 aliphatic rings. The van der Waals surface area contributed by atoms with E-state index < -0.39 is 17.6 Å². The fourth-order valence-electron chi connectivity index (χ4n) is 3.96. The maximum Gasteiger partial charge on any atom is 0.405 e. The molecule has 0 saturated carbocycles. The van der Waals surface area contributed by atoms with Crippen LogP contribution in [-0.4, -0.2) is 48.1 Å². The van der Waals surface area contributed by atoms with Gasteiger partial charge in [-0.2, -0.15) is 0 Å². The molecule has 6 N–H and O–H groups in total. The number of hydrogen-bond acceptors (Lipinski definition) is 5. The van der Waals surface area contributed by atoms with E-state index in [0.29, 0.717) is 12.1 Å². The van der Waals surface area contributed by atoms with Gasteiger partial charge in [0, 0.05) is 35.8 Å². The summed E-state index contributed by atoms with van der Waals surface area (Å²) in [7, 11) is 0. The van der Waals surface area contributed by atoms with Crippen LogP contribution in [0.2, 0.25) is 0 Å². The third kappa shape index (κ3) is 7.07. The van der Waals surface area contributed by atoms with Crippen molar-refractivity contribution in [2.75, 3.05) is 25.0 Å². The number of aromatic amines is 1. The Hall–Kier alpha value is -3.85. The van der Waals surface area contributed by atoms with Gasteiger partial charge >= 0.3 is 6.09 Å². The fourth-order valence-corrected chi connectivity index (χ4v) is 3.96. The van der Waals surface area contributed by atoms with Crippen molar-refractivity contribution in [3.63, 3.8) is 0 Å². The first-order chi connectivity index (χ1) is 16.8. The third-order valence-electron chi connectivity index (χ3n) is 5.69. The zero-order valence-corrected chi connectivity index (χ0v) is 20.1. The number of hydrogen-bond donors (Lipinski definition) is 5. The minimum Gasteiger partial charge on any atom is -0.433 e.